The number of aromatic nitrogens is 1. The minimum Gasteiger partial charge on any atom is -0.491 e. The van der Waals surface area contributed by atoms with Crippen LogP contribution in [0.2, 0.25) is 0 Å². The van der Waals surface area contributed by atoms with Crippen LogP contribution in [0, 0.1) is 0 Å². The lowest BCUT2D eigenvalue weighted by molar-refractivity contribution is 0.100. The first kappa shape index (κ1) is 16.2. The van der Waals surface area contributed by atoms with Crippen molar-refractivity contribution in [3.63, 3.8) is 0 Å². The van der Waals surface area contributed by atoms with Gasteiger partial charge in [-0.15, -0.1) is 0 Å². The summed E-state index contributed by atoms with van der Waals surface area (Å²) >= 11 is 0. The van der Waals surface area contributed by atoms with E-state index in [-0.39, 0.29) is 0 Å². The van der Waals surface area contributed by atoms with E-state index in [1.54, 1.807) is 6.20 Å². The molecule has 0 aliphatic heterocycles. The molecule has 1 heterocycles. The molecule has 0 fully saturated rings. The predicted molar refractivity (Wildman–Crippen MR) is 95.9 cm³/mol. The average Bonchev–Trinajstić information content (AvgIpc) is 2.67. The van der Waals surface area contributed by atoms with E-state index in [9.17, 15) is 5.11 Å². The molecule has 3 nitrogen and oxygen atoms in total. The number of aryl methyl sites for hydroxylation is 1. The predicted octanol–water partition coefficient (Wildman–Crippen LogP) is 4.12. The van der Waals surface area contributed by atoms with E-state index in [1.807, 2.05) is 60.8 Å². The highest BCUT2D eigenvalue weighted by Crippen LogP contribution is 2.22. The normalized spacial score (nSPS) is 11.9. The van der Waals surface area contributed by atoms with Gasteiger partial charge in [0.25, 0.3) is 0 Å². The third-order valence-electron chi connectivity index (χ3n) is 3.89. The van der Waals surface area contributed by atoms with Crippen LogP contribution in [-0.4, -0.2) is 22.8 Å². The second kappa shape index (κ2) is 8.27. The fourth-order valence-electron chi connectivity index (χ4n) is 2.53. The van der Waals surface area contributed by atoms with E-state index in [0.717, 1.165) is 23.3 Å². The van der Waals surface area contributed by atoms with Crippen molar-refractivity contribution >= 4 is 0 Å². The van der Waals surface area contributed by atoms with E-state index in [1.165, 1.54) is 5.56 Å². The highest BCUT2D eigenvalue weighted by atomic mass is 16.5. The van der Waals surface area contributed by atoms with Crippen LogP contribution in [0.1, 0.15) is 12.0 Å². The minimum absolute atomic E-state index is 0.297. The summed E-state index contributed by atoms with van der Waals surface area (Å²) in [5.41, 5.74) is 3.46. The molecule has 3 aromatic rings. The molecule has 0 saturated carbocycles. The van der Waals surface area contributed by atoms with Crippen molar-refractivity contribution in [1.82, 2.24) is 4.98 Å². The highest BCUT2D eigenvalue weighted by molar-refractivity contribution is 5.63. The van der Waals surface area contributed by atoms with Crippen molar-refractivity contribution in [2.45, 2.75) is 18.9 Å². The molecule has 24 heavy (non-hydrogen) atoms. The summed E-state index contributed by atoms with van der Waals surface area (Å²) in [6.45, 7) is 0.297. The lowest BCUT2D eigenvalue weighted by atomic mass is 10.1. The molecular weight excluding hydrogens is 298 g/mol. The molecule has 122 valence electrons. The summed E-state index contributed by atoms with van der Waals surface area (Å²) in [7, 11) is 0. The number of ether oxygens (including phenoxy) is 1. The summed E-state index contributed by atoms with van der Waals surface area (Å²) in [4.78, 5) is 4.08. The smallest absolute Gasteiger partial charge is 0.119 e. The number of hydrogen-bond donors (Lipinski definition) is 1. The summed E-state index contributed by atoms with van der Waals surface area (Å²) in [6, 6.07) is 22.1. The van der Waals surface area contributed by atoms with Crippen molar-refractivity contribution in [2.75, 3.05) is 6.61 Å². The summed E-state index contributed by atoms with van der Waals surface area (Å²) < 4.78 is 5.68. The topological polar surface area (TPSA) is 42.4 Å². The van der Waals surface area contributed by atoms with Gasteiger partial charge in [-0.2, -0.15) is 0 Å². The van der Waals surface area contributed by atoms with Gasteiger partial charge in [-0.3, -0.25) is 4.98 Å². The number of pyridine rings is 1. The SMILES string of the molecule is OC(CCc1cccnc1)COc1ccc(-c2ccccc2)cc1. The third kappa shape index (κ3) is 4.67. The van der Waals surface area contributed by atoms with E-state index in [0.29, 0.717) is 13.0 Å². The first-order valence-electron chi connectivity index (χ1n) is 8.16. The molecule has 1 atom stereocenters. The third-order valence-corrected chi connectivity index (χ3v) is 3.89. The van der Waals surface area contributed by atoms with Gasteiger partial charge in [0.05, 0.1) is 6.10 Å². The van der Waals surface area contributed by atoms with Crippen LogP contribution in [0.25, 0.3) is 11.1 Å². The van der Waals surface area contributed by atoms with Crippen LogP contribution < -0.4 is 4.74 Å². The van der Waals surface area contributed by atoms with E-state index in [4.69, 9.17) is 4.74 Å². The number of benzene rings is 2. The number of aliphatic hydroxyl groups excluding tert-OH is 1. The van der Waals surface area contributed by atoms with Gasteiger partial charge in [-0.05, 0) is 47.7 Å². The first-order valence-corrected chi connectivity index (χ1v) is 8.16. The molecular formula is C21H21NO2. The van der Waals surface area contributed by atoms with Crippen molar-refractivity contribution in [1.29, 1.82) is 0 Å². The zero-order chi connectivity index (χ0) is 16.6. The molecule has 0 bridgehead atoms. The quantitative estimate of drug-likeness (QED) is 0.712. The number of hydrogen-bond acceptors (Lipinski definition) is 3. The molecule has 2 aromatic carbocycles. The van der Waals surface area contributed by atoms with E-state index < -0.39 is 6.10 Å². The fraction of sp³-hybridized carbons (Fsp3) is 0.190. The molecule has 0 spiro atoms. The molecule has 0 radical (unpaired) electrons. The van der Waals surface area contributed by atoms with Gasteiger partial charge < -0.3 is 9.84 Å². The summed E-state index contributed by atoms with van der Waals surface area (Å²) in [6.07, 6.45) is 4.55. The molecule has 3 heteroatoms. The Morgan fingerprint density at radius 1 is 0.875 bits per heavy atom. The van der Waals surface area contributed by atoms with Gasteiger partial charge >= 0.3 is 0 Å². The molecule has 0 amide bonds. The Morgan fingerprint density at radius 3 is 2.33 bits per heavy atom. The number of aliphatic hydroxyl groups is 1. The largest absolute Gasteiger partial charge is 0.491 e. The number of nitrogens with zero attached hydrogens (tertiary/aromatic N) is 1. The molecule has 1 aromatic heterocycles. The zero-order valence-electron chi connectivity index (χ0n) is 13.5. The maximum absolute atomic E-state index is 10.1. The van der Waals surface area contributed by atoms with Crippen LogP contribution in [-0.2, 0) is 6.42 Å². The molecule has 3 rings (SSSR count). The van der Waals surface area contributed by atoms with Crippen LogP contribution >= 0.6 is 0 Å². The van der Waals surface area contributed by atoms with Crippen molar-refractivity contribution in [2.24, 2.45) is 0 Å². The fourth-order valence-corrected chi connectivity index (χ4v) is 2.53. The van der Waals surface area contributed by atoms with Gasteiger partial charge in [-0.25, -0.2) is 0 Å². The van der Waals surface area contributed by atoms with Gasteiger partial charge in [0, 0.05) is 12.4 Å². The Kier molecular flexibility index (Phi) is 5.59. The molecule has 1 unspecified atom stereocenters. The van der Waals surface area contributed by atoms with Gasteiger partial charge in [0.15, 0.2) is 0 Å². The maximum Gasteiger partial charge on any atom is 0.119 e. The summed E-state index contributed by atoms with van der Waals surface area (Å²) in [5, 5.41) is 10.1. The van der Waals surface area contributed by atoms with Gasteiger partial charge in [0.1, 0.15) is 12.4 Å². The molecule has 0 aliphatic rings. The van der Waals surface area contributed by atoms with Gasteiger partial charge in [0.2, 0.25) is 0 Å². The standard InChI is InChI=1S/C21H21NO2/c23-20(11-8-17-5-4-14-22-15-17)16-24-21-12-9-19(10-13-21)18-6-2-1-3-7-18/h1-7,9-10,12-15,20,23H,8,11,16H2. The average molecular weight is 319 g/mol. The number of rotatable bonds is 7. The first-order chi connectivity index (χ1) is 11.8. The van der Waals surface area contributed by atoms with E-state index >= 15 is 0 Å². The van der Waals surface area contributed by atoms with E-state index in [2.05, 4.69) is 17.1 Å². The zero-order valence-corrected chi connectivity index (χ0v) is 13.5. The molecule has 1 N–H and O–H groups in total. The van der Waals surface area contributed by atoms with Crippen LogP contribution in [0.3, 0.4) is 0 Å². The monoisotopic (exact) mass is 319 g/mol. The Labute approximate surface area is 142 Å². The van der Waals surface area contributed by atoms with Gasteiger partial charge in [-0.1, -0.05) is 48.5 Å². The lowest BCUT2D eigenvalue weighted by Gasteiger charge is -2.12. The Bertz CT molecular complexity index is 727. The lowest BCUT2D eigenvalue weighted by Crippen LogP contribution is -2.18. The Hall–Kier alpha value is -2.65. The minimum atomic E-state index is -0.487. The molecule has 0 saturated heterocycles. The highest BCUT2D eigenvalue weighted by Gasteiger charge is 2.06. The van der Waals surface area contributed by atoms with Crippen molar-refractivity contribution < 1.29 is 9.84 Å². The second-order valence-corrected chi connectivity index (χ2v) is 5.76. The van der Waals surface area contributed by atoms with Crippen molar-refractivity contribution in [3.05, 3.63) is 84.7 Å². The van der Waals surface area contributed by atoms with Crippen molar-refractivity contribution in [3.8, 4) is 16.9 Å². The maximum atomic E-state index is 10.1. The molecule has 0 aliphatic carbocycles. The van der Waals surface area contributed by atoms with Crippen LogP contribution in [0.4, 0.5) is 0 Å². The second-order valence-electron chi connectivity index (χ2n) is 5.76. The Balaban J connectivity index is 1.48. The Morgan fingerprint density at radius 2 is 1.62 bits per heavy atom. The summed E-state index contributed by atoms with van der Waals surface area (Å²) in [5.74, 6) is 0.773. The van der Waals surface area contributed by atoms with Crippen LogP contribution in [0.5, 0.6) is 5.75 Å². The van der Waals surface area contributed by atoms with Crippen LogP contribution in [0.15, 0.2) is 79.1 Å².